The molecule has 0 spiro atoms. The molecule has 2 atom stereocenters. The zero-order valence-corrected chi connectivity index (χ0v) is 14.0. The topological polar surface area (TPSA) is 82.8 Å². The summed E-state index contributed by atoms with van der Waals surface area (Å²) < 4.78 is 5.50. The summed E-state index contributed by atoms with van der Waals surface area (Å²) in [5.41, 5.74) is -0.826. The van der Waals surface area contributed by atoms with E-state index in [2.05, 4.69) is 5.32 Å². The van der Waals surface area contributed by atoms with Crippen LogP contribution >= 0.6 is 11.6 Å². The van der Waals surface area contributed by atoms with Crippen molar-refractivity contribution in [3.63, 3.8) is 0 Å². The van der Waals surface area contributed by atoms with Gasteiger partial charge in [-0.2, -0.15) is 0 Å². The SMILES string of the molecule is Cc1ccc([C@@]2(C)NC(=O)N(C[C@@H](O)c3ccccc3Cl)C2=O)o1. The number of halogens is 1. The highest BCUT2D eigenvalue weighted by Gasteiger charge is 2.51. The lowest BCUT2D eigenvalue weighted by molar-refractivity contribution is -0.132. The summed E-state index contributed by atoms with van der Waals surface area (Å²) in [5, 5.41) is 13.4. The zero-order chi connectivity index (χ0) is 17.5. The number of carbonyl (C=O) groups excluding carboxylic acids is 2. The van der Waals surface area contributed by atoms with Crippen LogP contribution in [0.25, 0.3) is 0 Å². The smallest absolute Gasteiger partial charge is 0.325 e. The minimum absolute atomic E-state index is 0.191. The summed E-state index contributed by atoms with van der Waals surface area (Å²) in [4.78, 5) is 26.0. The molecule has 1 aliphatic rings. The second kappa shape index (κ2) is 5.96. The highest BCUT2D eigenvalue weighted by molar-refractivity contribution is 6.31. The fourth-order valence-corrected chi connectivity index (χ4v) is 3.01. The molecule has 2 heterocycles. The zero-order valence-electron chi connectivity index (χ0n) is 13.2. The molecule has 126 valence electrons. The number of β-amino-alcohol motifs (C(OH)–C–C–N with tert-alkyl or cyclic N) is 1. The number of amides is 3. The van der Waals surface area contributed by atoms with E-state index in [9.17, 15) is 14.7 Å². The molecule has 1 fully saturated rings. The van der Waals surface area contributed by atoms with Gasteiger partial charge in [0.15, 0.2) is 5.54 Å². The molecule has 2 aromatic rings. The fourth-order valence-electron chi connectivity index (χ4n) is 2.75. The predicted molar refractivity (Wildman–Crippen MR) is 87.5 cm³/mol. The molecular formula is C17H17ClN2O4. The van der Waals surface area contributed by atoms with E-state index in [1.165, 1.54) is 0 Å². The number of nitrogens with zero attached hydrogens (tertiary/aromatic N) is 1. The van der Waals surface area contributed by atoms with Gasteiger partial charge in [0, 0.05) is 10.6 Å². The van der Waals surface area contributed by atoms with Crippen molar-refractivity contribution in [2.75, 3.05) is 6.54 Å². The molecule has 0 saturated carbocycles. The second-order valence-electron chi connectivity index (χ2n) is 5.92. The van der Waals surface area contributed by atoms with Crippen LogP contribution in [0.15, 0.2) is 40.8 Å². The van der Waals surface area contributed by atoms with Crippen molar-refractivity contribution in [2.24, 2.45) is 0 Å². The fraction of sp³-hybridized carbons (Fsp3) is 0.294. The van der Waals surface area contributed by atoms with Crippen molar-refractivity contribution in [1.82, 2.24) is 10.2 Å². The molecule has 7 heteroatoms. The molecule has 1 aromatic carbocycles. The summed E-state index contributed by atoms with van der Waals surface area (Å²) in [6.07, 6.45) is -1.07. The Morgan fingerprint density at radius 1 is 1.29 bits per heavy atom. The first-order chi connectivity index (χ1) is 11.3. The molecule has 0 unspecified atom stereocenters. The Bertz CT molecular complexity index is 803. The van der Waals surface area contributed by atoms with Gasteiger partial charge in [-0.15, -0.1) is 0 Å². The van der Waals surface area contributed by atoms with Crippen LogP contribution in [0.4, 0.5) is 4.79 Å². The third kappa shape index (κ3) is 2.68. The third-order valence-corrected chi connectivity index (χ3v) is 4.47. The van der Waals surface area contributed by atoms with Gasteiger partial charge in [-0.05, 0) is 32.0 Å². The van der Waals surface area contributed by atoms with Crippen LogP contribution in [0.2, 0.25) is 5.02 Å². The lowest BCUT2D eigenvalue weighted by Crippen LogP contribution is -2.41. The first-order valence-corrected chi connectivity index (χ1v) is 7.84. The largest absolute Gasteiger partial charge is 0.463 e. The maximum absolute atomic E-state index is 12.7. The number of furan rings is 1. The Balaban J connectivity index is 1.84. The van der Waals surface area contributed by atoms with E-state index in [0.29, 0.717) is 22.1 Å². The monoisotopic (exact) mass is 348 g/mol. The van der Waals surface area contributed by atoms with Crippen LogP contribution in [-0.4, -0.2) is 28.5 Å². The molecule has 3 amide bonds. The van der Waals surface area contributed by atoms with Crippen LogP contribution in [0, 0.1) is 6.92 Å². The second-order valence-corrected chi connectivity index (χ2v) is 6.33. The number of aliphatic hydroxyl groups excluding tert-OH is 1. The Kier molecular flexibility index (Phi) is 4.11. The van der Waals surface area contributed by atoms with Crippen molar-refractivity contribution in [3.8, 4) is 0 Å². The van der Waals surface area contributed by atoms with Crippen LogP contribution in [-0.2, 0) is 10.3 Å². The van der Waals surface area contributed by atoms with Gasteiger partial charge in [-0.25, -0.2) is 4.79 Å². The highest BCUT2D eigenvalue weighted by atomic mass is 35.5. The van der Waals surface area contributed by atoms with E-state index in [-0.39, 0.29) is 6.54 Å². The van der Waals surface area contributed by atoms with Gasteiger partial charge in [0.05, 0.1) is 12.6 Å². The van der Waals surface area contributed by atoms with E-state index < -0.39 is 23.6 Å². The van der Waals surface area contributed by atoms with E-state index in [4.69, 9.17) is 16.0 Å². The Morgan fingerprint density at radius 3 is 2.62 bits per heavy atom. The lowest BCUT2D eigenvalue weighted by Gasteiger charge is -2.21. The normalized spacial score (nSPS) is 21.9. The van der Waals surface area contributed by atoms with Crippen LogP contribution in [0.1, 0.15) is 30.1 Å². The van der Waals surface area contributed by atoms with E-state index in [0.717, 1.165) is 4.90 Å². The molecule has 24 heavy (non-hydrogen) atoms. The average molecular weight is 349 g/mol. The summed E-state index contributed by atoms with van der Waals surface area (Å²) >= 11 is 6.05. The molecular weight excluding hydrogens is 332 g/mol. The van der Waals surface area contributed by atoms with Crippen molar-refractivity contribution in [2.45, 2.75) is 25.5 Å². The number of nitrogens with one attached hydrogen (secondary N) is 1. The maximum atomic E-state index is 12.7. The first-order valence-electron chi connectivity index (χ1n) is 7.46. The lowest BCUT2D eigenvalue weighted by atomic mass is 9.99. The molecule has 3 rings (SSSR count). The van der Waals surface area contributed by atoms with Gasteiger partial charge in [-0.3, -0.25) is 9.69 Å². The highest BCUT2D eigenvalue weighted by Crippen LogP contribution is 2.32. The van der Waals surface area contributed by atoms with Gasteiger partial charge in [0.25, 0.3) is 5.91 Å². The number of rotatable bonds is 4. The number of hydrogen-bond acceptors (Lipinski definition) is 4. The van der Waals surface area contributed by atoms with Crippen molar-refractivity contribution in [1.29, 1.82) is 0 Å². The number of aryl methyl sites for hydroxylation is 1. The van der Waals surface area contributed by atoms with Crippen LogP contribution in [0.3, 0.4) is 0 Å². The molecule has 1 saturated heterocycles. The van der Waals surface area contributed by atoms with Gasteiger partial charge in [-0.1, -0.05) is 29.8 Å². The Labute approximate surface area is 144 Å². The minimum Gasteiger partial charge on any atom is -0.463 e. The Morgan fingerprint density at radius 2 is 2.00 bits per heavy atom. The van der Waals surface area contributed by atoms with E-state index in [1.54, 1.807) is 50.2 Å². The van der Waals surface area contributed by atoms with Gasteiger partial charge in [0.1, 0.15) is 11.5 Å². The van der Waals surface area contributed by atoms with Crippen molar-refractivity contribution >= 4 is 23.5 Å². The number of aliphatic hydroxyl groups is 1. The molecule has 0 radical (unpaired) electrons. The molecule has 1 aromatic heterocycles. The maximum Gasteiger partial charge on any atom is 0.325 e. The summed E-state index contributed by atoms with van der Waals surface area (Å²) in [5.74, 6) is 0.517. The Hall–Kier alpha value is -2.31. The van der Waals surface area contributed by atoms with E-state index >= 15 is 0 Å². The number of urea groups is 1. The summed E-state index contributed by atoms with van der Waals surface area (Å²) in [6.45, 7) is 3.14. The molecule has 0 aliphatic carbocycles. The van der Waals surface area contributed by atoms with Crippen molar-refractivity contribution < 1.29 is 19.1 Å². The molecule has 1 aliphatic heterocycles. The molecule has 2 N–H and O–H groups in total. The third-order valence-electron chi connectivity index (χ3n) is 4.13. The number of carbonyl (C=O) groups is 2. The first kappa shape index (κ1) is 16.5. The molecule has 6 nitrogen and oxygen atoms in total. The van der Waals surface area contributed by atoms with Crippen LogP contribution in [0.5, 0.6) is 0 Å². The predicted octanol–water partition coefficient (Wildman–Crippen LogP) is 2.74. The standard InChI is InChI=1S/C17H17ClN2O4/c1-10-7-8-14(24-10)17(2)15(22)20(16(23)19-17)9-13(21)11-5-3-4-6-12(11)18/h3-8,13,21H,9H2,1-2H3,(H,19,23)/t13-,17-/m1/s1. The van der Waals surface area contributed by atoms with E-state index in [1.807, 2.05) is 0 Å². The summed E-state index contributed by atoms with van der Waals surface area (Å²) in [6, 6.07) is 9.56. The number of hydrogen-bond donors (Lipinski definition) is 2. The van der Waals surface area contributed by atoms with Crippen LogP contribution < -0.4 is 5.32 Å². The number of benzene rings is 1. The van der Waals surface area contributed by atoms with Gasteiger partial charge < -0.3 is 14.8 Å². The number of imide groups is 1. The quantitative estimate of drug-likeness (QED) is 0.832. The van der Waals surface area contributed by atoms with Gasteiger partial charge in [0.2, 0.25) is 0 Å². The van der Waals surface area contributed by atoms with Gasteiger partial charge >= 0.3 is 6.03 Å². The average Bonchev–Trinajstić information content (AvgIpc) is 3.06. The molecule has 0 bridgehead atoms. The summed E-state index contributed by atoms with van der Waals surface area (Å²) in [7, 11) is 0. The van der Waals surface area contributed by atoms with Crippen molar-refractivity contribution in [3.05, 3.63) is 58.5 Å². The minimum atomic E-state index is -1.29.